The zero-order chi connectivity index (χ0) is 14.5. The summed E-state index contributed by atoms with van der Waals surface area (Å²) in [5.41, 5.74) is 1.76. The summed E-state index contributed by atoms with van der Waals surface area (Å²) in [6.45, 7) is 1.52. The largest absolute Gasteiger partial charge is 0.480 e. The second-order valence-corrected chi connectivity index (χ2v) is 6.62. The van der Waals surface area contributed by atoms with Crippen LogP contribution in [0.1, 0.15) is 27.7 Å². The Balaban J connectivity index is 2.12. The van der Waals surface area contributed by atoms with E-state index in [1.165, 1.54) is 18.3 Å². The molecule has 5 heteroatoms. The van der Waals surface area contributed by atoms with Crippen LogP contribution in [0.3, 0.4) is 0 Å². The van der Waals surface area contributed by atoms with Crippen molar-refractivity contribution in [3.05, 3.63) is 57.8 Å². The van der Waals surface area contributed by atoms with Crippen LogP contribution in [0, 0.1) is 0 Å². The molecule has 2 rings (SSSR count). The highest BCUT2D eigenvalue weighted by molar-refractivity contribution is 8.15. The fourth-order valence-corrected chi connectivity index (χ4v) is 3.43. The van der Waals surface area contributed by atoms with Crippen LogP contribution in [0.5, 0.6) is 0 Å². The third-order valence-corrected chi connectivity index (χ3v) is 4.71. The van der Waals surface area contributed by atoms with Gasteiger partial charge in [0.25, 0.3) is 0 Å². The minimum Gasteiger partial charge on any atom is -0.480 e. The van der Waals surface area contributed by atoms with Gasteiger partial charge in [-0.15, -0.1) is 11.3 Å². The van der Waals surface area contributed by atoms with Crippen molar-refractivity contribution in [1.82, 2.24) is 0 Å². The molecular weight excluding hydrogens is 292 g/mol. The van der Waals surface area contributed by atoms with Crippen LogP contribution in [0.25, 0.3) is 0 Å². The van der Waals surface area contributed by atoms with Gasteiger partial charge in [-0.2, -0.15) is 0 Å². The minimum absolute atomic E-state index is 0.174. The molecule has 3 nitrogen and oxygen atoms in total. The molecule has 1 unspecified atom stereocenters. The summed E-state index contributed by atoms with van der Waals surface area (Å²) >= 11 is 2.38. The van der Waals surface area contributed by atoms with E-state index in [1.807, 2.05) is 35.7 Å². The fourth-order valence-electron chi connectivity index (χ4n) is 1.72. The number of carboxylic acid groups (broad SMARTS) is 1. The lowest BCUT2D eigenvalue weighted by Gasteiger charge is -2.06. The van der Waals surface area contributed by atoms with Crippen molar-refractivity contribution in [3.63, 3.8) is 0 Å². The SMILES string of the molecule is CC(SC(=O)c1ccsc1Cc1ccccc1)C(=O)O. The third kappa shape index (κ3) is 3.71. The van der Waals surface area contributed by atoms with E-state index in [2.05, 4.69) is 0 Å². The summed E-state index contributed by atoms with van der Waals surface area (Å²) in [6.07, 6.45) is 0.696. The van der Waals surface area contributed by atoms with E-state index in [4.69, 9.17) is 5.11 Å². The molecule has 2 aromatic rings. The Morgan fingerprint density at radius 2 is 1.95 bits per heavy atom. The zero-order valence-corrected chi connectivity index (χ0v) is 12.5. The minimum atomic E-state index is -0.969. The molecule has 1 heterocycles. The monoisotopic (exact) mass is 306 g/mol. The Bertz CT molecular complexity index is 605. The molecule has 0 amide bonds. The highest BCUT2D eigenvalue weighted by Gasteiger charge is 2.20. The summed E-state index contributed by atoms with van der Waals surface area (Å²) in [5, 5.41) is 9.83. The highest BCUT2D eigenvalue weighted by Crippen LogP contribution is 2.26. The molecular formula is C15H14O3S2. The van der Waals surface area contributed by atoms with Gasteiger partial charge in [0.05, 0.1) is 0 Å². The molecule has 0 saturated heterocycles. The molecule has 1 aromatic carbocycles. The molecule has 1 atom stereocenters. The number of thiophene rings is 1. The van der Waals surface area contributed by atoms with Crippen molar-refractivity contribution in [2.24, 2.45) is 0 Å². The van der Waals surface area contributed by atoms with Crippen LogP contribution in [-0.2, 0) is 11.2 Å². The van der Waals surface area contributed by atoms with Crippen LogP contribution in [-0.4, -0.2) is 21.4 Å². The molecule has 0 aliphatic carbocycles. The lowest BCUT2D eigenvalue weighted by Crippen LogP contribution is -2.14. The Labute approximate surface area is 125 Å². The zero-order valence-electron chi connectivity index (χ0n) is 10.9. The maximum absolute atomic E-state index is 12.1. The first-order valence-electron chi connectivity index (χ1n) is 6.12. The molecule has 104 valence electrons. The predicted octanol–water partition coefficient (Wildman–Crippen LogP) is 3.69. The summed E-state index contributed by atoms with van der Waals surface area (Å²) in [4.78, 5) is 23.9. The third-order valence-electron chi connectivity index (χ3n) is 2.80. The van der Waals surface area contributed by atoms with Crippen molar-refractivity contribution in [1.29, 1.82) is 0 Å². The Morgan fingerprint density at radius 3 is 2.60 bits per heavy atom. The van der Waals surface area contributed by atoms with Crippen molar-refractivity contribution >= 4 is 34.2 Å². The van der Waals surface area contributed by atoms with Gasteiger partial charge in [-0.3, -0.25) is 9.59 Å². The second kappa shape index (κ2) is 6.72. The van der Waals surface area contributed by atoms with Crippen LogP contribution < -0.4 is 0 Å². The summed E-state index contributed by atoms with van der Waals surface area (Å²) in [7, 11) is 0. The van der Waals surface area contributed by atoms with E-state index >= 15 is 0 Å². The first-order valence-corrected chi connectivity index (χ1v) is 7.88. The molecule has 0 bridgehead atoms. The number of benzene rings is 1. The van der Waals surface area contributed by atoms with Gasteiger partial charge >= 0.3 is 5.97 Å². The number of carbonyl (C=O) groups excluding carboxylic acids is 1. The number of thioether (sulfide) groups is 1. The topological polar surface area (TPSA) is 54.4 Å². The fraction of sp³-hybridized carbons (Fsp3) is 0.200. The number of carbonyl (C=O) groups is 2. The molecule has 0 saturated carbocycles. The van der Waals surface area contributed by atoms with Crippen molar-refractivity contribution in [2.45, 2.75) is 18.6 Å². The molecule has 20 heavy (non-hydrogen) atoms. The molecule has 1 N–H and O–H groups in total. The van der Waals surface area contributed by atoms with Gasteiger partial charge < -0.3 is 5.11 Å². The molecule has 0 fully saturated rings. The Morgan fingerprint density at radius 1 is 1.25 bits per heavy atom. The van der Waals surface area contributed by atoms with Crippen molar-refractivity contribution < 1.29 is 14.7 Å². The van der Waals surface area contributed by atoms with E-state index in [9.17, 15) is 9.59 Å². The Kier molecular flexibility index (Phi) is 4.98. The van der Waals surface area contributed by atoms with Crippen LogP contribution in [0.4, 0.5) is 0 Å². The van der Waals surface area contributed by atoms with E-state index < -0.39 is 11.2 Å². The summed E-state index contributed by atoms with van der Waals surface area (Å²) in [5.74, 6) is -0.969. The lowest BCUT2D eigenvalue weighted by atomic mass is 10.1. The van der Waals surface area contributed by atoms with Gasteiger partial charge in [0.15, 0.2) is 0 Å². The van der Waals surface area contributed by atoms with Gasteiger partial charge in [-0.05, 0) is 23.9 Å². The number of aliphatic carboxylic acids is 1. The number of hydrogen-bond acceptors (Lipinski definition) is 4. The highest BCUT2D eigenvalue weighted by atomic mass is 32.2. The van der Waals surface area contributed by atoms with Gasteiger partial charge in [0, 0.05) is 16.9 Å². The number of hydrogen-bond donors (Lipinski definition) is 1. The summed E-state index contributed by atoms with van der Waals surface area (Å²) in [6, 6.07) is 11.7. The smallest absolute Gasteiger partial charge is 0.316 e. The van der Waals surface area contributed by atoms with Gasteiger partial charge in [-0.25, -0.2) is 0 Å². The first kappa shape index (κ1) is 14.8. The van der Waals surface area contributed by atoms with E-state index in [1.54, 1.807) is 6.07 Å². The van der Waals surface area contributed by atoms with Crippen LogP contribution in [0.15, 0.2) is 41.8 Å². The average Bonchev–Trinajstić information content (AvgIpc) is 2.88. The van der Waals surface area contributed by atoms with Gasteiger partial charge in [0.2, 0.25) is 5.12 Å². The Hall–Kier alpha value is -1.59. The van der Waals surface area contributed by atoms with Gasteiger partial charge in [0.1, 0.15) is 5.25 Å². The van der Waals surface area contributed by atoms with Crippen LogP contribution in [0.2, 0.25) is 0 Å². The summed E-state index contributed by atoms with van der Waals surface area (Å²) < 4.78 is 0. The normalized spacial score (nSPS) is 12.1. The van der Waals surface area contributed by atoms with E-state index in [0.717, 1.165) is 22.2 Å². The van der Waals surface area contributed by atoms with Crippen molar-refractivity contribution in [3.8, 4) is 0 Å². The first-order chi connectivity index (χ1) is 9.58. The average molecular weight is 306 g/mol. The lowest BCUT2D eigenvalue weighted by molar-refractivity contribution is -0.136. The second-order valence-electron chi connectivity index (χ2n) is 4.31. The van der Waals surface area contributed by atoms with Gasteiger partial charge in [-0.1, -0.05) is 42.1 Å². The maximum Gasteiger partial charge on any atom is 0.316 e. The molecule has 0 radical (unpaired) electrons. The van der Waals surface area contributed by atoms with E-state index in [0.29, 0.717) is 12.0 Å². The standard InChI is InChI=1S/C15H14O3S2/c1-10(14(16)17)20-15(18)12-7-8-19-13(12)9-11-5-3-2-4-6-11/h2-8,10H,9H2,1H3,(H,16,17). The molecule has 0 aliphatic heterocycles. The van der Waals surface area contributed by atoms with E-state index in [-0.39, 0.29) is 5.12 Å². The van der Waals surface area contributed by atoms with Crippen molar-refractivity contribution in [2.75, 3.05) is 0 Å². The number of carboxylic acids is 1. The molecule has 1 aromatic heterocycles. The predicted molar refractivity (Wildman–Crippen MR) is 82.6 cm³/mol. The number of rotatable bonds is 5. The quantitative estimate of drug-likeness (QED) is 0.915. The molecule has 0 aliphatic rings. The maximum atomic E-state index is 12.1. The van der Waals surface area contributed by atoms with Crippen LogP contribution >= 0.6 is 23.1 Å². The molecule has 0 spiro atoms.